The molecule has 0 aliphatic heterocycles. The molecule has 3 rings (SSSR count). The van der Waals surface area contributed by atoms with Crippen LogP contribution in [0.5, 0.6) is 5.75 Å². The maximum Gasteiger partial charge on any atom is 0.262 e. The fourth-order valence-electron chi connectivity index (χ4n) is 3.23. The van der Waals surface area contributed by atoms with Gasteiger partial charge in [-0.1, -0.05) is 43.6 Å². The number of rotatable bonds is 10. The van der Waals surface area contributed by atoms with E-state index in [1.165, 1.54) is 6.21 Å². The summed E-state index contributed by atoms with van der Waals surface area (Å²) >= 11 is 5.92. The van der Waals surface area contributed by atoms with Crippen molar-refractivity contribution in [3.8, 4) is 17.1 Å². The predicted molar refractivity (Wildman–Crippen MR) is 133 cm³/mol. The summed E-state index contributed by atoms with van der Waals surface area (Å²) in [5, 5.41) is 7.36. The van der Waals surface area contributed by atoms with Gasteiger partial charge < -0.3 is 14.5 Å². The first-order valence-electron chi connectivity index (χ1n) is 11.0. The molecule has 0 unspecified atom stereocenters. The van der Waals surface area contributed by atoms with Crippen LogP contribution in [0.25, 0.3) is 11.3 Å². The molecule has 2 N–H and O–H groups in total. The number of benzene rings is 2. The van der Waals surface area contributed by atoms with Crippen LogP contribution in [0, 0.1) is 12.8 Å². The molecule has 0 spiro atoms. The van der Waals surface area contributed by atoms with Gasteiger partial charge in [0.2, 0.25) is 0 Å². The first-order chi connectivity index (χ1) is 16.3. The third kappa shape index (κ3) is 7.49. The van der Waals surface area contributed by atoms with Crippen LogP contribution < -0.4 is 15.5 Å². The molecule has 34 heavy (non-hydrogen) atoms. The summed E-state index contributed by atoms with van der Waals surface area (Å²) in [5.41, 5.74) is 4.28. The largest absolute Gasteiger partial charge is 0.484 e. The number of nitrogens with zero attached hydrogens (tertiary/aromatic N) is 1. The van der Waals surface area contributed by atoms with Crippen molar-refractivity contribution >= 4 is 29.6 Å². The fourth-order valence-corrected chi connectivity index (χ4v) is 3.36. The minimum Gasteiger partial charge on any atom is -0.484 e. The number of hydrogen-bond acceptors (Lipinski definition) is 5. The van der Waals surface area contributed by atoms with E-state index in [9.17, 15) is 9.59 Å². The zero-order valence-corrected chi connectivity index (χ0v) is 20.1. The number of halogens is 1. The van der Waals surface area contributed by atoms with Crippen LogP contribution >= 0.6 is 11.6 Å². The molecule has 7 nitrogen and oxygen atoms in total. The normalized spacial score (nSPS) is 12.0. The lowest BCUT2D eigenvalue weighted by molar-refractivity contribution is -0.130. The van der Waals surface area contributed by atoms with Crippen molar-refractivity contribution in [1.29, 1.82) is 0 Å². The van der Waals surface area contributed by atoms with E-state index in [1.807, 2.05) is 57.2 Å². The van der Waals surface area contributed by atoms with Crippen molar-refractivity contribution in [1.82, 2.24) is 10.7 Å². The molecule has 0 aliphatic rings. The van der Waals surface area contributed by atoms with Crippen LogP contribution in [0.1, 0.15) is 31.6 Å². The third-order valence-corrected chi connectivity index (χ3v) is 5.19. The lowest BCUT2D eigenvalue weighted by Gasteiger charge is -2.19. The predicted octanol–water partition coefficient (Wildman–Crippen LogP) is 4.97. The van der Waals surface area contributed by atoms with Gasteiger partial charge in [0.25, 0.3) is 11.8 Å². The zero-order valence-electron chi connectivity index (χ0n) is 19.4. The van der Waals surface area contributed by atoms with E-state index in [0.717, 1.165) is 11.1 Å². The molecule has 0 aliphatic carbocycles. The Balaban J connectivity index is 1.55. The van der Waals surface area contributed by atoms with Gasteiger partial charge in [-0.25, -0.2) is 5.43 Å². The number of amides is 2. The highest BCUT2D eigenvalue weighted by Crippen LogP contribution is 2.23. The van der Waals surface area contributed by atoms with Crippen molar-refractivity contribution in [2.45, 2.75) is 33.2 Å². The monoisotopic (exact) mass is 481 g/mol. The van der Waals surface area contributed by atoms with Crippen LogP contribution in [0.2, 0.25) is 5.02 Å². The van der Waals surface area contributed by atoms with Gasteiger partial charge in [-0.2, -0.15) is 5.10 Å². The van der Waals surface area contributed by atoms with Crippen molar-refractivity contribution in [3.63, 3.8) is 0 Å². The second-order valence-corrected chi connectivity index (χ2v) is 8.68. The Bertz CT molecular complexity index is 1140. The van der Waals surface area contributed by atoms with Crippen LogP contribution in [0.4, 0.5) is 0 Å². The molecule has 2 aromatic carbocycles. The van der Waals surface area contributed by atoms with Crippen molar-refractivity contribution in [3.05, 3.63) is 77.0 Å². The Hall–Kier alpha value is -3.58. The lowest BCUT2D eigenvalue weighted by Crippen LogP contribution is -2.47. The molecule has 0 bridgehead atoms. The molecule has 3 aromatic rings. The van der Waals surface area contributed by atoms with Gasteiger partial charge >= 0.3 is 0 Å². The van der Waals surface area contributed by atoms with Crippen LogP contribution in [0.15, 0.2) is 70.2 Å². The van der Waals surface area contributed by atoms with E-state index in [1.54, 1.807) is 24.3 Å². The maximum absolute atomic E-state index is 12.7. The molecule has 1 heterocycles. The van der Waals surface area contributed by atoms with Crippen LogP contribution in [0.3, 0.4) is 0 Å². The minimum atomic E-state index is -0.744. The summed E-state index contributed by atoms with van der Waals surface area (Å²) in [4.78, 5) is 25.1. The Morgan fingerprint density at radius 3 is 2.53 bits per heavy atom. The highest BCUT2D eigenvalue weighted by Gasteiger charge is 2.22. The standard InChI is InChI=1S/C26H28ClN3O4/c1-17(2)14-22(29-25(31)16-33-23-7-5-4-6-18(23)3)26(32)30-28-15-21-12-13-24(34-21)19-8-10-20(27)11-9-19/h4-13,15,17,22H,14,16H2,1-3H3,(H,29,31)(H,30,32)/b28-15-/t22-/m1/s1. The second-order valence-electron chi connectivity index (χ2n) is 8.25. The van der Waals surface area contributed by atoms with Crippen molar-refractivity contribution in [2.24, 2.45) is 11.0 Å². The molecule has 2 amide bonds. The smallest absolute Gasteiger partial charge is 0.262 e. The first-order valence-corrected chi connectivity index (χ1v) is 11.4. The molecular formula is C26H28ClN3O4. The van der Waals surface area contributed by atoms with Gasteiger partial charge in [-0.3, -0.25) is 9.59 Å². The van der Waals surface area contributed by atoms with E-state index in [0.29, 0.717) is 28.7 Å². The Morgan fingerprint density at radius 2 is 1.82 bits per heavy atom. The number of aryl methyl sites for hydroxylation is 1. The Morgan fingerprint density at radius 1 is 1.09 bits per heavy atom. The number of hydrogen-bond donors (Lipinski definition) is 2. The summed E-state index contributed by atoms with van der Waals surface area (Å²) in [6, 6.07) is 17.5. The molecule has 1 atom stereocenters. The minimum absolute atomic E-state index is 0.185. The highest BCUT2D eigenvalue weighted by atomic mass is 35.5. The first kappa shape index (κ1) is 25.1. The summed E-state index contributed by atoms with van der Waals surface area (Å²) in [6.45, 7) is 5.66. The molecule has 178 valence electrons. The van der Waals surface area contributed by atoms with Gasteiger partial charge in [0.15, 0.2) is 6.61 Å². The average molecular weight is 482 g/mol. The molecule has 8 heteroatoms. The van der Waals surface area contributed by atoms with Crippen LogP contribution in [-0.2, 0) is 9.59 Å². The Kier molecular flexibility index (Phi) is 8.87. The van der Waals surface area contributed by atoms with E-state index in [2.05, 4.69) is 15.8 Å². The second kappa shape index (κ2) is 12.0. The SMILES string of the molecule is Cc1ccccc1OCC(=O)N[C@H](CC(C)C)C(=O)N/N=C\c1ccc(-c2ccc(Cl)cc2)o1. The summed E-state index contributed by atoms with van der Waals surface area (Å²) in [7, 11) is 0. The van der Waals surface area contributed by atoms with Crippen molar-refractivity contribution < 1.29 is 18.7 Å². The van der Waals surface area contributed by atoms with E-state index in [4.69, 9.17) is 20.8 Å². The van der Waals surface area contributed by atoms with E-state index >= 15 is 0 Å². The van der Waals surface area contributed by atoms with Gasteiger partial charge in [0.05, 0.1) is 6.21 Å². The Labute approximate surface area is 204 Å². The number of para-hydroxylation sites is 1. The van der Waals surface area contributed by atoms with Gasteiger partial charge in [0, 0.05) is 10.6 Å². The number of nitrogens with one attached hydrogen (secondary N) is 2. The number of ether oxygens (including phenoxy) is 1. The van der Waals surface area contributed by atoms with Gasteiger partial charge in [-0.15, -0.1) is 0 Å². The molecule has 0 saturated heterocycles. The number of carbonyl (C=O) groups is 2. The molecule has 1 aromatic heterocycles. The third-order valence-electron chi connectivity index (χ3n) is 4.93. The lowest BCUT2D eigenvalue weighted by atomic mass is 10.0. The average Bonchev–Trinajstić information content (AvgIpc) is 3.27. The number of carbonyl (C=O) groups excluding carboxylic acids is 2. The van der Waals surface area contributed by atoms with Crippen molar-refractivity contribution in [2.75, 3.05) is 6.61 Å². The van der Waals surface area contributed by atoms with Gasteiger partial charge in [0.1, 0.15) is 23.3 Å². The topological polar surface area (TPSA) is 92.9 Å². The highest BCUT2D eigenvalue weighted by molar-refractivity contribution is 6.30. The van der Waals surface area contributed by atoms with Crippen LogP contribution in [-0.4, -0.2) is 30.7 Å². The molecule has 0 fully saturated rings. The van der Waals surface area contributed by atoms with E-state index < -0.39 is 11.9 Å². The summed E-state index contributed by atoms with van der Waals surface area (Å²) in [5.74, 6) is 1.14. The number of hydrazone groups is 1. The summed E-state index contributed by atoms with van der Waals surface area (Å²) in [6.07, 6.45) is 1.87. The van der Waals surface area contributed by atoms with Gasteiger partial charge in [-0.05, 0) is 67.3 Å². The zero-order chi connectivity index (χ0) is 24.5. The fraction of sp³-hybridized carbons (Fsp3) is 0.269. The molecular weight excluding hydrogens is 454 g/mol. The van der Waals surface area contributed by atoms with E-state index in [-0.39, 0.29) is 18.4 Å². The molecule has 0 radical (unpaired) electrons. The summed E-state index contributed by atoms with van der Waals surface area (Å²) < 4.78 is 11.3. The maximum atomic E-state index is 12.7. The molecule has 0 saturated carbocycles. The number of furan rings is 1. The quantitative estimate of drug-likeness (QED) is 0.316.